The van der Waals surface area contributed by atoms with Gasteiger partial charge in [-0.3, -0.25) is 4.79 Å². The first kappa shape index (κ1) is 19.8. The van der Waals surface area contributed by atoms with Crippen molar-refractivity contribution in [2.24, 2.45) is 5.92 Å². The van der Waals surface area contributed by atoms with E-state index in [4.69, 9.17) is 14.6 Å². The Bertz CT molecular complexity index is 654. The third-order valence-electron chi connectivity index (χ3n) is 3.91. The lowest BCUT2D eigenvalue weighted by molar-refractivity contribution is -0.561. The topological polar surface area (TPSA) is 143 Å². The lowest BCUT2D eigenvalue weighted by Crippen LogP contribution is -2.39. The van der Waals surface area contributed by atoms with Gasteiger partial charge in [-0.2, -0.15) is 4.58 Å². The van der Waals surface area contributed by atoms with E-state index in [1.165, 1.54) is 10.8 Å². The number of nitrogens with zero attached hydrogens (tertiary/aromatic N) is 1. The van der Waals surface area contributed by atoms with E-state index in [9.17, 15) is 24.6 Å². The molecule has 0 aliphatic carbocycles. The van der Waals surface area contributed by atoms with Crippen LogP contribution in [0.15, 0.2) is 24.4 Å². The number of hydrogen-bond acceptors (Lipinski definition) is 8. The Labute approximate surface area is 148 Å². The smallest absolute Gasteiger partial charge is 0.331 e. The number of hydrogen-bond donors (Lipinski definition) is 3. The summed E-state index contributed by atoms with van der Waals surface area (Å²) >= 11 is 0. The standard InChI is InChI=1S/C16H19NO9/c1-24-11(18)4-5-12(19)25-8-10-13(20)14(21)15(26-10)17-6-2-3-9(7-17)16(22)23/h2,4-7,9-10,13-15,20-21H,3,8H2,1H3/p+1/b5-4+/t9?,10-,13-,14-,15-/m1/s1. The molecule has 1 unspecified atom stereocenters. The van der Waals surface area contributed by atoms with Gasteiger partial charge in [0.1, 0.15) is 24.7 Å². The fraction of sp³-hybridized carbons (Fsp3) is 0.500. The lowest BCUT2D eigenvalue weighted by atomic mass is 10.0. The Hall–Kier alpha value is -2.56. The number of carboxylic acids is 1. The van der Waals surface area contributed by atoms with Gasteiger partial charge in [0, 0.05) is 12.2 Å². The van der Waals surface area contributed by atoms with Crippen molar-refractivity contribution in [1.82, 2.24) is 0 Å². The molecule has 3 N–H and O–H groups in total. The van der Waals surface area contributed by atoms with Crippen LogP contribution in [-0.4, -0.2) is 82.3 Å². The van der Waals surface area contributed by atoms with Gasteiger partial charge >= 0.3 is 17.9 Å². The molecule has 2 heterocycles. The van der Waals surface area contributed by atoms with Crippen molar-refractivity contribution in [3.8, 4) is 0 Å². The van der Waals surface area contributed by atoms with E-state index in [-0.39, 0.29) is 6.61 Å². The summed E-state index contributed by atoms with van der Waals surface area (Å²) < 4.78 is 16.1. The zero-order valence-electron chi connectivity index (χ0n) is 13.9. The molecule has 2 aliphatic heterocycles. The predicted octanol–water partition coefficient (Wildman–Crippen LogP) is -1.59. The van der Waals surface area contributed by atoms with Crippen LogP contribution in [0, 0.1) is 5.92 Å². The maximum atomic E-state index is 11.5. The second-order valence-corrected chi connectivity index (χ2v) is 5.69. The van der Waals surface area contributed by atoms with Crippen molar-refractivity contribution < 1.29 is 48.5 Å². The number of carbonyl (C=O) groups excluding carboxylic acids is 2. The Balaban J connectivity index is 1.96. The number of ether oxygens (including phenoxy) is 3. The first-order chi connectivity index (χ1) is 12.3. The van der Waals surface area contributed by atoms with Crippen LogP contribution < -0.4 is 0 Å². The van der Waals surface area contributed by atoms with Gasteiger partial charge < -0.3 is 29.5 Å². The van der Waals surface area contributed by atoms with Crippen LogP contribution in [0.25, 0.3) is 0 Å². The minimum atomic E-state index is -1.34. The average molecular weight is 370 g/mol. The third-order valence-corrected chi connectivity index (χ3v) is 3.91. The van der Waals surface area contributed by atoms with Crippen LogP contribution in [0.2, 0.25) is 0 Å². The zero-order chi connectivity index (χ0) is 19.3. The number of rotatable bonds is 6. The monoisotopic (exact) mass is 370 g/mol. The van der Waals surface area contributed by atoms with Gasteiger partial charge in [-0.15, -0.1) is 0 Å². The number of aliphatic hydroxyl groups excluding tert-OH is 2. The zero-order valence-corrected chi connectivity index (χ0v) is 13.9. The summed E-state index contributed by atoms with van der Waals surface area (Å²) in [6, 6.07) is 0. The van der Waals surface area contributed by atoms with E-state index in [0.29, 0.717) is 6.42 Å². The lowest BCUT2D eigenvalue weighted by Gasteiger charge is -2.14. The Morgan fingerprint density at radius 2 is 1.92 bits per heavy atom. The number of aliphatic carboxylic acids is 1. The molecule has 2 rings (SSSR count). The fourth-order valence-electron chi connectivity index (χ4n) is 2.51. The van der Waals surface area contributed by atoms with Crippen LogP contribution in [0.3, 0.4) is 0 Å². The first-order valence-electron chi connectivity index (χ1n) is 7.79. The van der Waals surface area contributed by atoms with Crippen LogP contribution in [-0.2, 0) is 28.6 Å². The van der Waals surface area contributed by atoms with Gasteiger partial charge in [0.05, 0.1) is 7.11 Å². The highest BCUT2D eigenvalue weighted by Gasteiger charge is 2.49. The van der Waals surface area contributed by atoms with Crippen LogP contribution >= 0.6 is 0 Å². The highest BCUT2D eigenvalue weighted by Crippen LogP contribution is 2.24. The molecule has 2 aliphatic rings. The number of aliphatic hydroxyl groups is 2. The SMILES string of the molecule is COC(=O)/C=C/C(=O)OC[C@H]1O[C@@H]([N+]2=CC(C(=O)O)CC=C2)[C@H](O)[C@@H]1O. The van der Waals surface area contributed by atoms with Gasteiger partial charge in [-0.25, -0.2) is 9.59 Å². The van der Waals surface area contributed by atoms with Crippen molar-refractivity contribution in [2.45, 2.75) is 31.0 Å². The molecule has 0 radical (unpaired) electrons. The van der Waals surface area contributed by atoms with Crippen molar-refractivity contribution in [3.05, 3.63) is 24.4 Å². The summed E-state index contributed by atoms with van der Waals surface area (Å²) in [4.78, 5) is 33.5. The second-order valence-electron chi connectivity index (χ2n) is 5.69. The molecule has 10 heteroatoms. The second kappa shape index (κ2) is 8.70. The van der Waals surface area contributed by atoms with Gasteiger partial charge in [-0.05, 0) is 12.5 Å². The van der Waals surface area contributed by atoms with Gasteiger partial charge in [0.2, 0.25) is 0 Å². The molecule has 142 valence electrons. The normalized spacial score (nSPS) is 30.9. The van der Waals surface area contributed by atoms with E-state index < -0.39 is 48.4 Å². The summed E-state index contributed by atoms with van der Waals surface area (Å²) in [6.45, 7) is -0.362. The van der Waals surface area contributed by atoms with Gasteiger partial charge in [-0.1, -0.05) is 0 Å². The van der Waals surface area contributed by atoms with Crippen molar-refractivity contribution in [2.75, 3.05) is 13.7 Å². The molecule has 5 atom stereocenters. The largest absolute Gasteiger partial charge is 0.481 e. The predicted molar refractivity (Wildman–Crippen MR) is 84.0 cm³/mol. The highest BCUT2D eigenvalue weighted by atomic mass is 16.6. The molecule has 0 bridgehead atoms. The molecule has 0 saturated carbocycles. The molecule has 0 aromatic heterocycles. The van der Waals surface area contributed by atoms with E-state index in [1.807, 2.05) is 0 Å². The molecular weight excluding hydrogens is 350 g/mol. The molecule has 0 amide bonds. The summed E-state index contributed by atoms with van der Waals surface area (Å²) in [5, 5.41) is 29.3. The number of methoxy groups -OCH3 is 1. The first-order valence-corrected chi connectivity index (χ1v) is 7.79. The summed E-state index contributed by atoms with van der Waals surface area (Å²) in [5.41, 5.74) is 0. The van der Waals surface area contributed by atoms with E-state index in [1.54, 1.807) is 12.3 Å². The minimum absolute atomic E-state index is 0.310. The van der Waals surface area contributed by atoms with E-state index in [2.05, 4.69) is 4.74 Å². The Morgan fingerprint density at radius 1 is 1.23 bits per heavy atom. The minimum Gasteiger partial charge on any atom is -0.481 e. The molecule has 1 saturated heterocycles. The number of carbonyl (C=O) groups is 3. The molecule has 0 spiro atoms. The molecule has 1 fully saturated rings. The average Bonchev–Trinajstić information content (AvgIpc) is 2.92. The molecule has 26 heavy (non-hydrogen) atoms. The van der Waals surface area contributed by atoms with Crippen molar-refractivity contribution in [1.29, 1.82) is 0 Å². The maximum Gasteiger partial charge on any atom is 0.331 e. The molecular formula is C16H20NO9+. The maximum absolute atomic E-state index is 11.5. The Kier molecular flexibility index (Phi) is 6.61. The summed E-state index contributed by atoms with van der Waals surface area (Å²) in [7, 11) is 1.16. The molecule has 0 aromatic carbocycles. The third kappa shape index (κ3) is 4.75. The van der Waals surface area contributed by atoms with Crippen LogP contribution in [0.4, 0.5) is 0 Å². The van der Waals surface area contributed by atoms with Gasteiger partial charge in [0.25, 0.3) is 6.23 Å². The quantitative estimate of drug-likeness (QED) is 0.286. The number of esters is 2. The van der Waals surface area contributed by atoms with Gasteiger partial charge in [0.15, 0.2) is 18.5 Å². The van der Waals surface area contributed by atoms with Crippen molar-refractivity contribution >= 4 is 24.1 Å². The number of allylic oxidation sites excluding steroid dienone is 1. The highest BCUT2D eigenvalue weighted by molar-refractivity contribution is 5.91. The number of carboxylic acid groups (broad SMARTS) is 1. The molecule has 0 aromatic rings. The van der Waals surface area contributed by atoms with E-state index >= 15 is 0 Å². The Morgan fingerprint density at radius 3 is 2.58 bits per heavy atom. The molecule has 10 nitrogen and oxygen atoms in total. The van der Waals surface area contributed by atoms with Crippen molar-refractivity contribution in [3.63, 3.8) is 0 Å². The van der Waals surface area contributed by atoms with Crippen LogP contribution in [0.5, 0.6) is 0 Å². The fourth-order valence-corrected chi connectivity index (χ4v) is 2.51. The summed E-state index contributed by atoms with van der Waals surface area (Å²) in [6.07, 6.45) is 1.89. The summed E-state index contributed by atoms with van der Waals surface area (Å²) in [5.74, 6) is -3.36. The van der Waals surface area contributed by atoms with Crippen LogP contribution in [0.1, 0.15) is 6.42 Å². The van der Waals surface area contributed by atoms with E-state index in [0.717, 1.165) is 19.3 Å².